The van der Waals surface area contributed by atoms with Crippen molar-refractivity contribution in [1.29, 1.82) is 10.5 Å². The summed E-state index contributed by atoms with van der Waals surface area (Å²) < 4.78 is 17.0. The van der Waals surface area contributed by atoms with Gasteiger partial charge in [-0.2, -0.15) is 14.9 Å². The molecule has 0 aromatic carbocycles. The molecular formula is C28H39FN6O2. The van der Waals surface area contributed by atoms with E-state index in [0.717, 1.165) is 44.5 Å². The van der Waals surface area contributed by atoms with Crippen LogP contribution >= 0.6 is 0 Å². The zero-order valence-electron chi connectivity index (χ0n) is 21.3. The number of pyridine rings is 2. The number of hydrogen-bond acceptors (Lipinski definition) is 7. The van der Waals surface area contributed by atoms with Gasteiger partial charge in [0.2, 0.25) is 5.95 Å². The Labute approximate surface area is 220 Å². The molecule has 0 aliphatic carbocycles. The lowest BCUT2D eigenvalue weighted by atomic mass is 9.77. The van der Waals surface area contributed by atoms with Crippen LogP contribution in [0.15, 0.2) is 48.8 Å². The zero-order chi connectivity index (χ0) is 26.4. The van der Waals surface area contributed by atoms with E-state index in [4.69, 9.17) is 10.00 Å². The van der Waals surface area contributed by atoms with Crippen LogP contribution in [0.1, 0.15) is 59.6 Å². The maximum atomic E-state index is 11.8. The molecule has 1 amide bonds. The topological polar surface area (TPSA) is 115 Å². The second-order valence-corrected chi connectivity index (χ2v) is 9.68. The molecule has 0 spiro atoms. The number of hydrogen-bond donors (Lipinski definition) is 1. The Hall–Kier alpha value is -3.56. The van der Waals surface area contributed by atoms with Crippen molar-refractivity contribution in [2.75, 3.05) is 26.2 Å². The second-order valence-electron chi connectivity index (χ2n) is 9.68. The van der Waals surface area contributed by atoms with Crippen molar-refractivity contribution < 1.29 is 13.9 Å². The minimum Gasteiger partial charge on any atom is -0.444 e. The molecule has 2 aliphatic heterocycles. The summed E-state index contributed by atoms with van der Waals surface area (Å²) in [5.74, 6) is -0.328. The van der Waals surface area contributed by atoms with E-state index in [2.05, 4.69) is 27.4 Å². The minimum atomic E-state index is -0.441. The fourth-order valence-electron chi connectivity index (χ4n) is 3.78. The summed E-state index contributed by atoms with van der Waals surface area (Å²) in [6, 6.07) is 15.0. The van der Waals surface area contributed by atoms with Crippen LogP contribution in [0.2, 0.25) is 0 Å². The van der Waals surface area contributed by atoms with Gasteiger partial charge >= 0.3 is 6.09 Å². The zero-order valence-corrected chi connectivity index (χ0v) is 21.3. The van der Waals surface area contributed by atoms with Crippen LogP contribution < -0.4 is 5.32 Å². The smallest absolute Gasteiger partial charge is 0.410 e. The molecule has 4 heterocycles. The summed E-state index contributed by atoms with van der Waals surface area (Å²) in [6.07, 6.45) is 6.15. The van der Waals surface area contributed by atoms with Crippen molar-refractivity contribution in [2.24, 2.45) is 5.92 Å². The molecule has 2 fully saturated rings. The van der Waals surface area contributed by atoms with Gasteiger partial charge in [0, 0.05) is 31.4 Å². The largest absolute Gasteiger partial charge is 0.444 e. The summed E-state index contributed by atoms with van der Waals surface area (Å²) in [7, 11) is 0. The third-order valence-electron chi connectivity index (χ3n) is 5.78. The van der Waals surface area contributed by atoms with Gasteiger partial charge in [-0.25, -0.2) is 9.78 Å². The molecule has 0 unspecified atom stereocenters. The lowest BCUT2D eigenvalue weighted by molar-refractivity contribution is 0.0199. The fraction of sp³-hybridized carbons (Fsp3) is 0.536. The molecule has 0 saturated carbocycles. The number of carbonyl (C=O) groups excluding carboxylic acids is 1. The van der Waals surface area contributed by atoms with Crippen LogP contribution in [0.3, 0.4) is 0 Å². The van der Waals surface area contributed by atoms with E-state index in [1.807, 2.05) is 39.0 Å². The van der Waals surface area contributed by atoms with E-state index in [1.54, 1.807) is 23.2 Å². The lowest BCUT2D eigenvalue weighted by Gasteiger charge is -2.31. The molecule has 1 N–H and O–H groups in total. The Morgan fingerprint density at radius 3 is 2.08 bits per heavy atom. The second kappa shape index (κ2) is 15.5. The van der Waals surface area contributed by atoms with Crippen molar-refractivity contribution in [2.45, 2.75) is 64.9 Å². The SMILES string of the molecule is C.CC(C)(C)OC(=O)N1CCC(C#N)CC1.Fc1ccccn1.N#CC1(c2ccccn2)CCNCC1. The molecule has 200 valence electrons. The molecule has 2 aliphatic rings. The van der Waals surface area contributed by atoms with E-state index in [9.17, 15) is 14.4 Å². The average molecular weight is 511 g/mol. The summed E-state index contributed by atoms with van der Waals surface area (Å²) in [5, 5.41) is 21.3. The summed E-state index contributed by atoms with van der Waals surface area (Å²) in [6.45, 7) is 8.64. The Balaban J connectivity index is 0.000000290. The maximum Gasteiger partial charge on any atom is 0.410 e. The van der Waals surface area contributed by atoms with Gasteiger partial charge in [-0.15, -0.1) is 0 Å². The van der Waals surface area contributed by atoms with E-state index in [1.165, 1.54) is 12.3 Å². The minimum absolute atomic E-state index is 0. The van der Waals surface area contributed by atoms with E-state index in [-0.39, 0.29) is 24.9 Å². The third kappa shape index (κ3) is 10.9. The van der Waals surface area contributed by atoms with Gasteiger partial charge in [0.25, 0.3) is 0 Å². The number of ether oxygens (including phenoxy) is 1. The van der Waals surface area contributed by atoms with Crippen molar-refractivity contribution in [3.63, 3.8) is 0 Å². The molecular weight excluding hydrogens is 471 g/mol. The predicted molar refractivity (Wildman–Crippen MR) is 141 cm³/mol. The normalized spacial score (nSPS) is 16.6. The highest BCUT2D eigenvalue weighted by Gasteiger charge is 2.35. The number of amides is 1. The molecule has 0 atom stereocenters. The first-order valence-electron chi connectivity index (χ1n) is 12.2. The van der Waals surface area contributed by atoms with Crippen LogP contribution in [0.5, 0.6) is 0 Å². The van der Waals surface area contributed by atoms with Crippen molar-refractivity contribution in [3.05, 3.63) is 60.4 Å². The Morgan fingerprint density at radius 2 is 1.68 bits per heavy atom. The van der Waals surface area contributed by atoms with E-state index < -0.39 is 11.5 Å². The first-order chi connectivity index (χ1) is 17.2. The van der Waals surface area contributed by atoms with Crippen molar-refractivity contribution in [1.82, 2.24) is 20.2 Å². The number of nitriles is 2. The standard InChI is InChI=1S/C11H13N3.C11H18N2O2.C5H4FN.CH4/c12-9-11(4-7-13-8-5-11)10-3-1-2-6-14-10;1-11(2,3)15-10(14)13-6-4-9(8-12)5-7-13;6-5-3-1-2-4-7-5;/h1-3,6,13H,4-5,7-8H2;9H,4-7H2,1-3H3;1-4H;1H4. The number of likely N-dealkylation sites (tertiary alicyclic amines) is 1. The van der Waals surface area contributed by atoms with Crippen LogP contribution in [-0.2, 0) is 10.2 Å². The number of carbonyl (C=O) groups is 1. The third-order valence-corrected chi connectivity index (χ3v) is 5.78. The van der Waals surface area contributed by atoms with Gasteiger partial charge in [0.05, 0.1) is 17.8 Å². The highest BCUT2D eigenvalue weighted by atomic mass is 19.1. The van der Waals surface area contributed by atoms with Gasteiger partial charge < -0.3 is 15.0 Å². The van der Waals surface area contributed by atoms with Crippen molar-refractivity contribution >= 4 is 6.09 Å². The molecule has 0 radical (unpaired) electrons. The van der Waals surface area contributed by atoms with Crippen LogP contribution in [0, 0.1) is 34.5 Å². The number of aromatic nitrogens is 2. The molecule has 0 bridgehead atoms. The maximum absolute atomic E-state index is 11.8. The molecule has 37 heavy (non-hydrogen) atoms. The van der Waals surface area contributed by atoms with Gasteiger partial charge in [-0.3, -0.25) is 4.98 Å². The highest BCUT2D eigenvalue weighted by Crippen LogP contribution is 2.30. The van der Waals surface area contributed by atoms with Crippen molar-refractivity contribution in [3.8, 4) is 12.1 Å². The first kappa shape index (κ1) is 31.5. The Bertz CT molecular complexity index is 1000. The average Bonchev–Trinajstić information content (AvgIpc) is 2.90. The summed E-state index contributed by atoms with van der Waals surface area (Å²) in [4.78, 5) is 20.9. The number of halogens is 1. The summed E-state index contributed by atoms with van der Waals surface area (Å²) in [5.41, 5.74) is 0.124. The molecule has 2 aromatic heterocycles. The Morgan fingerprint density at radius 1 is 1.08 bits per heavy atom. The number of rotatable bonds is 1. The van der Waals surface area contributed by atoms with Crippen LogP contribution in [0.4, 0.5) is 9.18 Å². The molecule has 2 aromatic rings. The Kier molecular flexibility index (Phi) is 13.2. The monoisotopic (exact) mass is 510 g/mol. The van der Waals surface area contributed by atoms with Gasteiger partial charge in [-0.05, 0) is 83.8 Å². The quantitative estimate of drug-likeness (QED) is 0.522. The molecule has 2 saturated heterocycles. The molecule has 4 rings (SSSR count). The number of nitrogens with one attached hydrogen (secondary N) is 1. The number of piperidine rings is 2. The van der Waals surface area contributed by atoms with Gasteiger partial charge in [-0.1, -0.05) is 19.6 Å². The van der Waals surface area contributed by atoms with Gasteiger partial charge in [0.15, 0.2) is 0 Å². The van der Waals surface area contributed by atoms with Crippen LogP contribution in [0.25, 0.3) is 0 Å². The fourth-order valence-corrected chi connectivity index (χ4v) is 3.78. The highest BCUT2D eigenvalue weighted by molar-refractivity contribution is 5.68. The van der Waals surface area contributed by atoms with Gasteiger partial charge in [0.1, 0.15) is 11.0 Å². The first-order valence-corrected chi connectivity index (χ1v) is 12.2. The molecule has 9 heteroatoms. The summed E-state index contributed by atoms with van der Waals surface area (Å²) >= 11 is 0. The molecule has 8 nitrogen and oxygen atoms in total. The van der Waals surface area contributed by atoms with E-state index in [0.29, 0.717) is 13.1 Å². The predicted octanol–water partition coefficient (Wildman–Crippen LogP) is 5.24. The van der Waals surface area contributed by atoms with Crippen LogP contribution in [-0.4, -0.2) is 52.7 Å². The lowest BCUT2D eigenvalue weighted by Crippen LogP contribution is -2.41. The van der Waals surface area contributed by atoms with E-state index >= 15 is 0 Å². The number of nitrogens with zero attached hydrogens (tertiary/aromatic N) is 5.